The zero-order valence-corrected chi connectivity index (χ0v) is 13.6. The number of nitrogens with one attached hydrogen (secondary N) is 2. The van der Waals surface area contributed by atoms with E-state index in [0.717, 1.165) is 12.8 Å². The second-order valence-corrected chi connectivity index (χ2v) is 5.19. The molecule has 122 valence electrons. The summed E-state index contributed by atoms with van der Waals surface area (Å²) < 4.78 is 5.27. The maximum atomic E-state index is 12.4. The van der Waals surface area contributed by atoms with Gasteiger partial charge in [0.25, 0.3) is 11.8 Å². The smallest absolute Gasteiger partial charge is 0.262 e. The lowest BCUT2D eigenvalue weighted by Crippen LogP contribution is -2.52. The lowest BCUT2D eigenvalue weighted by molar-refractivity contribution is -0.118. The minimum absolute atomic E-state index is 0. The second-order valence-electron chi connectivity index (χ2n) is 5.19. The summed E-state index contributed by atoms with van der Waals surface area (Å²) in [5.74, 6) is 0.146. The maximum Gasteiger partial charge on any atom is 0.262 e. The highest BCUT2D eigenvalue weighted by atomic mass is 35.5. The third-order valence-electron chi connectivity index (χ3n) is 4.00. The van der Waals surface area contributed by atoms with Gasteiger partial charge in [0.2, 0.25) is 0 Å². The first kappa shape index (κ1) is 18.3. The van der Waals surface area contributed by atoms with Crippen molar-refractivity contribution in [2.45, 2.75) is 32.2 Å². The SMILES string of the molecule is CCC(CC)(CN)NC(=O)c1ccc2c(c1)NC(=O)CO2.Cl. The molecule has 0 aliphatic carbocycles. The fraction of sp³-hybridized carbons (Fsp3) is 0.467. The molecule has 6 nitrogen and oxygen atoms in total. The van der Waals surface area contributed by atoms with Crippen LogP contribution < -0.4 is 21.1 Å². The van der Waals surface area contributed by atoms with E-state index in [2.05, 4.69) is 10.6 Å². The molecule has 22 heavy (non-hydrogen) atoms. The zero-order valence-electron chi connectivity index (χ0n) is 12.8. The molecule has 1 aromatic carbocycles. The number of halogens is 1. The van der Waals surface area contributed by atoms with E-state index >= 15 is 0 Å². The Morgan fingerprint density at radius 2 is 2.09 bits per heavy atom. The van der Waals surface area contributed by atoms with E-state index in [1.165, 1.54) is 0 Å². The number of benzene rings is 1. The average Bonchev–Trinajstić information content (AvgIpc) is 2.51. The number of amides is 2. The van der Waals surface area contributed by atoms with Gasteiger partial charge < -0.3 is 21.1 Å². The number of hydrogen-bond donors (Lipinski definition) is 3. The van der Waals surface area contributed by atoms with Gasteiger partial charge >= 0.3 is 0 Å². The predicted octanol–water partition coefficient (Wildman–Crippen LogP) is 1.69. The number of hydrogen-bond acceptors (Lipinski definition) is 4. The third-order valence-corrected chi connectivity index (χ3v) is 4.00. The molecule has 4 N–H and O–H groups in total. The van der Waals surface area contributed by atoms with Crippen LogP contribution in [-0.4, -0.2) is 30.5 Å². The highest BCUT2D eigenvalue weighted by molar-refractivity contribution is 6.00. The van der Waals surface area contributed by atoms with Gasteiger partial charge in [-0.25, -0.2) is 0 Å². The van der Waals surface area contributed by atoms with Crippen LogP contribution in [0.25, 0.3) is 0 Å². The van der Waals surface area contributed by atoms with Crippen LogP contribution in [0.1, 0.15) is 37.0 Å². The fourth-order valence-corrected chi connectivity index (χ4v) is 2.30. The quantitative estimate of drug-likeness (QED) is 0.767. The summed E-state index contributed by atoms with van der Waals surface area (Å²) in [6, 6.07) is 4.98. The van der Waals surface area contributed by atoms with Gasteiger partial charge in [0.15, 0.2) is 6.61 Å². The normalized spacial score (nSPS) is 13.3. The maximum absolute atomic E-state index is 12.4. The van der Waals surface area contributed by atoms with Crippen molar-refractivity contribution in [3.63, 3.8) is 0 Å². The average molecular weight is 328 g/mol. The molecule has 0 aromatic heterocycles. The van der Waals surface area contributed by atoms with Gasteiger partial charge in [-0.3, -0.25) is 9.59 Å². The number of rotatable bonds is 5. The molecule has 0 bridgehead atoms. The van der Waals surface area contributed by atoms with Crippen molar-refractivity contribution < 1.29 is 14.3 Å². The van der Waals surface area contributed by atoms with Crippen LogP contribution in [-0.2, 0) is 4.79 Å². The molecule has 0 radical (unpaired) electrons. The van der Waals surface area contributed by atoms with Crippen LogP contribution in [0, 0.1) is 0 Å². The Morgan fingerprint density at radius 3 is 2.68 bits per heavy atom. The lowest BCUT2D eigenvalue weighted by Gasteiger charge is -2.31. The molecular formula is C15H22ClN3O3. The van der Waals surface area contributed by atoms with Crippen LogP contribution >= 0.6 is 12.4 Å². The van der Waals surface area contributed by atoms with Gasteiger partial charge in [-0.15, -0.1) is 12.4 Å². The molecule has 1 aliphatic rings. The minimum atomic E-state index is -0.396. The number of fused-ring (bicyclic) bond motifs is 1. The molecule has 1 aliphatic heterocycles. The minimum Gasteiger partial charge on any atom is -0.482 e. The summed E-state index contributed by atoms with van der Waals surface area (Å²) in [5, 5.41) is 5.69. The molecular weight excluding hydrogens is 306 g/mol. The fourth-order valence-electron chi connectivity index (χ4n) is 2.30. The Hall–Kier alpha value is -1.79. The summed E-state index contributed by atoms with van der Waals surface area (Å²) in [7, 11) is 0. The Kier molecular flexibility index (Phi) is 6.20. The van der Waals surface area contributed by atoms with E-state index in [9.17, 15) is 9.59 Å². The van der Waals surface area contributed by atoms with Crippen LogP contribution in [0.2, 0.25) is 0 Å². The predicted molar refractivity (Wildman–Crippen MR) is 87.6 cm³/mol. The first-order valence-corrected chi connectivity index (χ1v) is 7.13. The number of anilines is 1. The van der Waals surface area contributed by atoms with Gasteiger partial charge in [-0.1, -0.05) is 13.8 Å². The Labute approximate surface area is 136 Å². The van der Waals surface area contributed by atoms with Crippen LogP contribution in [0.4, 0.5) is 5.69 Å². The van der Waals surface area contributed by atoms with Gasteiger partial charge in [-0.05, 0) is 31.0 Å². The van der Waals surface area contributed by atoms with Crippen molar-refractivity contribution >= 4 is 29.9 Å². The van der Waals surface area contributed by atoms with Crippen LogP contribution in [0.15, 0.2) is 18.2 Å². The standard InChI is InChI=1S/C15H21N3O3.ClH/c1-3-15(4-2,9-16)18-14(20)10-5-6-12-11(7-10)17-13(19)8-21-12;/h5-7H,3-4,8-9,16H2,1-2H3,(H,17,19)(H,18,20);1H. The summed E-state index contributed by atoms with van der Waals surface area (Å²) in [6.45, 7) is 4.38. The third kappa shape index (κ3) is 3.69. The first-order valence-electron chi connectivity index (χ1n) is 7.13. The molecule has 2 amide bonds. The number of ether oxygens (including phenoxy) is 1. The zero-order chi connectivity index (χ0) is 15.5. The molecule has 1 aromatic rings. The molecule has 0 spiro atoms. The van der Waals surface area contributed by atoms with Gasteiger partial charge in [0.05, 0.1) is 11.2 Å². The van der Waals surface area contributed by atoms with Gasteiger partial charge in [-0.2, -0.15) is 0 Å². The largest absolute Gasteiger partial charge is 0.482 e. The second kappa shape index (κ2) is 7.47. The molecule has 2 rings (SSSR count). The van der Waals surface area contributed by atoms with Crippen LogP contribution in [0.3, 0.4) is 0 Å². The topological polar surface area (TPSA) is 93.5 Å². The van der Waals surface area contributed by atoms with E-state index in [-0.39, 0.29) is 30.8 Å². The summed E-state index contributed by atoms with van der Waals surface area (Å²) in [6.07, 6.45) is 1.52. The first-order chi connectivity index (χ1) is 10.0. The summed E-state index contributed by atoms with van der Waals surface area (Å²) >= 11 is 0. The summed E-state index contributed by atoms with van der Waals surface area (Å²) in [5.41, 5.74) is 6.39. The molecule has 0 fully saturated rings. The highest BCUT2D eigenvalue weighted by Crippen LogP contribution is 2.28. The Morgan fingerprint density at radius 1 is 1.41 bits per heavy atom. The number of nitrogens with two attached hydrogens (primary N) is 1. The highest BCUT2D eigenvalue weighted by Gasteiger charge is 2.27. The van der Waals surface area contributed by atoms with Crippen molar-refractivity contribution in [1.29, 1.82) is 0 Å². The van der Waals surface area contributed by atoms with Gasteiger partial charge in [0, 0.05) is 12.1 Å². The van der Waals surface area contributed by atoms with E-state index in [0.29, 0.717) is 23.5 Å². The Balaban J connectivity index is 0.00000242. The van der Waals surface area contributed by atoms with Crippen molar-refractivity contribution in [3.05, 3.63) is 23.8 Å². The lowest BCUT2D eigenvalue weighted by atomic mass is 9.92. The monoisotopic (exact) mass is 327 g/mol. The molecule has 7 heteroatoms. The van der Waals surface area contributed by atoms with Crippen molar-refractivity contribution in [2.75, 3.05) is 18.5 Å². The molecule has 0 saturated heterocycles. The number of carbonyl (C=O) groups excluding carboxylic acids is 2. The molecule has 0 saturated carbocycles. The summed E-state index contributed by atoms with van der Waals surface area (Å²) in [4.78, 5) is 23.7. The molecule has 0 atom stereocenters. The van der Waals surface area contributed by atoms with Gasteiger partial charge in [0.1, 0.15) is 5.75 Å². The van der Waals surface area contributed by atoms with E-state index in [1.807, 2.05) is 13.8 Å². The van der Waals surface area contributed by atoms with Crippen LogP contribution in [0.5, 0.6) is 5.75 Å². The van der Waals surface area contributed by atoms with E-state index in [1.54, 1.807) is 18.2 Å². The number of carbonyl (C=O) groups is 2. The Bertz CT molecular complexity index is 551. The van der Waals surface area contributed by atoms with E-state index < -0.39 is 5.54 Å². The van der Waals surface area contributed by atoms with E-state index in [4.69, 9.17) is 10.5 Å². The van der Waals surface area contributed by atoms with Crippen molar-refractivity contribution in [1.82, 2.24) is 5.32 Å². The van der Waals surface area contributed by atoms with Crippen molar-refractivity contribution in [3.8, 4) is 5.75 Å². The molecule has 1 heterocycles. The van der Waals surface area contributed by atoms with Crippen molar-refractivity contribution in [2.24, 2.45) is 5.73 Å². The molecule has 0 unspecified atom stereocenters.